The van der Waals surface area contributed by atoms with Crippen molar-refractivity contribution >= 4 is 29.9 Å². The fraction of sp³-hybridized carbons (Fsp3) is 0.391. The summed E-state index contributed by atoms with van der Waals surface area (Å²) in [6.45, 7) is 7.21. The molecule has 2 aromatic carbocycles. The van der Waals surface area contributed by atoms with Gasteiger partial charge in [-0.05, 0) is 66.1 Å². The molecule has 5 nitrogen and oxygen atoms in total. The zero-order valence-electron chi connectivity index (χ0n) is 17.2. The first-order chi connectivity index (χ1) is 13.9. The molecular formula is C23H28N2O3S. The lowest BCUT2D eigenvalue weighted by atomic mass is 9.87. The van der Waals surface area contributed by atoms with Gasteiger partial charge in [-0.2, -0.15) is 0 Å². The smallest absolute Gasteiger partial charge is 0.224 e. The van der Waals surface area contributed by atoms with Crippen LogP contribution in [-0.4, -0.2) is 18.7 Å². The van der Waals surface area contributed by atoms with E-state index in [2.05, 4.69) is 55.5 Å². The average molecular weight is 413 g/mol. The number of carbonyl (C=O) groups excluding carboxylic acids is 1. The predicted molar refractivity (Wildman–Crippen MR) is 119 cm³/mol. The standard InChI is InChI=1S/C23H28N2O3S/c1-23(2,3)18-7-10-20(11-8-18)29-28-24-14-4-5-15-27-19-9-12-21-17(16-19)6-13-22(26)25-21/h7-12,14,16H,4-6,13,15H2,1-3H3,(H,25,26). The van der Waals surface area contributed by atoms with Crippen LogP contribution in [0.3, 0.4) is 0 Å². The van der Waals surface area contributed by atoms with Gasteiger partial charge in [-0.3, -0.25) is 4.79 Å². The van der Waals surface area contributed by atoms with Crippen LogP contribution in [-0.2, 0) is 20.9 Å². The Morgan fingerprint density at radius 2 is 1.93 bits per heavy atom. The minimum Gasteiger partial charge on any atom is -0.494 e. The first-order valence-electron chi connectivity index (χ1n) is 9.93. The molecule has 1 aliphatic rings. The normalized spacial score (nSPS) is 13.8. The van der Waals surface area contributed by atoms with Gasteiger partial charge in [0.25, 0.3) is 0 Å². The van der Waals surface area contributed by atoms with Crippen LogP contribution in [0.15, 0.2) is 52.5 Å². The molecule has 6 heteroatoms. The molecule has 0 atom stereocenters. The second-order valence-corrected chi connectivity index (χ2v) is 8.87. The van der Waals surface area contributed by atoms with E-state index in [0.717, 1.165) is 41.2 Å². The molecule has 0 saturated carbocycles. The number of nitrogens with zero attached hydrogens (tertiary/aromatic N) is 1. The molecule has 29 heavy (non-hydrogen) atoms. The minimum absolute atomic E-state index is 0.0766. The third kappa shape index (κ3) is 6.53. The molecule has 0 spiro atoms. The number of amides is 1. The number of aryl methyl sites for hydroxylation is 1. The number of nitrogens with one attached hydrogen (secondary N) is 1. The molecule has 0 aliphatic carbocycles. The highest BCUT2D eigenvalue weighted by atomic mass is 32.2. The van der Waals surface area contributed by atoms with Crippen molar-refractivity contribution in [3.8, 4) is 5.75 Å². The van der Waals surface area contributed by atoms with Gasteiger partial charge in [0.2, 0.25) is 5.91 Å². The summed E-state index contributed by atoms with van der Waals surface area (Å²) in [6, 6.07) is 14.2. The average Bonchev–Trinajstić information content (AvgIpc) is 2.69. The summed E-state index contributed by atoms with van der Waals surface area (Å²) in [7, 11) is 0. The number of hydrogen-bond donors (Lipinski definition) is 1. The van der Waals surface area contributed by atoms with E-state index in [1.54, 1.807) is 6.21 Å². The molecule has 3 rings (SSSR count). The summed E-state index contributed by atoms with van der Waals surface area (Å²) in [5.41, 5.74) is 3.47. The number of fused-ring (bicyclic) bond motifs is 1. The topological polar surface area (TPSA) is 59.9 Å². The van der Waals surface area contributed by atoms with Crippen molar-refractivity contribution < 1.29 is 13.8 Å². The van der Waals surface area contributed by atoms with Crippen molar-refractivity contribution in [1.82, 2.24) is 0 Å². The molecule has 2 aromatic rings. The van der Waals surface area contributed by atoms with Crippen LogP contribution in [0.2, 0.25) is 0 Å². The third-order valence-corrected chi connectivity index (χ3v) is 5.32. The van der Waals surface area contributed by atoms with Crippen molar-refractivity contribution in [2.45, 2.75) is 56.8 Å². The lowest BCUT2D eigenvalue weighted by molar-refractivity contribution is -0.116. The van der Waals surface area contributed by atoms with E-state index in [1.807, 2.05) is 18.2 Å². The highest BCUT2D eigenvalue weighted by Gasteiger charge is 2.15. The van der Waals surface area contributed by atoms with Crippen LogP contribution in [0.5, 0.6) is 5.75 Å². The maximum absolute atomic E-state index is 11.4. The van der Waals surface area contributed by atoms with E-state index >= 15 is 0 Å². The number of ether oxygens (including phenoxy) is 1. The minimum atomic E-state index is 0.0766. The predicted octanol–water partition coefficient (Wildman–Crippen LogP) is 5.74. The van der Waals surface area contributed by atoms with E-state index in [4.69, 9.17) is 9.02 Å². The zero-order chi connectivity index (χ0) is 20.7. The molecule has 0 aromatic heterocycles. The van der Waals surface area contributed by atoms with Crippen LogP contribution < -0.4 is 10.1 Å². The molecule has 1 amide bonds. The largest absolute Gasteiger partial charge is 0.494 e. The van der Waals surface area contributed by atoms with E-state index in [9.17, 15) is 4.79 Å². The molecule has 1 aliphatic heterocycles. The van der Waals surface area contributed by atoms with Crippen LogP contribution in [0.25, 0.3) is 0 Å². The van der Waals surface area contributed by atoms with Crippen molar-refractivity contribution in [1.29, 1.82) is 0 Å². The van der Waals surface area contributed by atoms with Crippen molar-refractivity contribution in [2.75, 3.05) is 11.9 Å². The summed E-state index contributed by atoms with van der Waals surface area (Å²) in [5, 5.41) is 6.87. The van der Waals surface area contributed by atoms with Gasteiger partial charge in [-0.15, -0.1) is 0 Å². The fourth-order valence-corrected chi connectivity index (χ4v) is 3.41. The molecule has 0 bridgehead atoms. The molecule has 154 valence electrons. The van der Waals surface area contributed by atoms with Crippen LogP contribution >= 0.6 is 12.0 Å². The van der Waals surface area contributed by atoms with Gasteiger partial charge in [0.05, 0.1) is 11.5 Å². The number of carbonyl (C=O) groups is 1. The van der Waals surface area contributed by atoms with Gasteiger partial charge in [-0.25, -0.2) is 0 Å². The number of anilines is 1. The maximum Gasteiger partial charge on any atom is 0.224 e. The molecule has 0 radical (unpaired) electrons. The first-order valence-corrected chi connectivity index (χ1v) is 10.7. The van der Waals surface area contributed by atoms with E-state index in [-0.39, 0.29) is 11.3 Å². The van der Waals surface area contributed by atoms with E-state index in [1.165, 1.54) is 17.6 Å². The summed E-state index contributed by atoms with van der Waals surface area (Å²) in [4.78, 5) is 12.4. The van der Waals surface area contributed by atoms with Crippen LogP contribution in [0, 0.1) is 0 Å². The maximum atomic E-state index is 11.4. The second kappa shape index (κ2) is 9.83. The Kier molecular flexibility index (Phi) is 7.20. The Morgan fingerprint density at radius 3 is 2.69 bits per heavy atom. The number of hydrogen-bond acceptors (Lipinski definition) is 5. The number of oxime groups is 1. The van der Waals surface area contributed by atoms with Crippen molar-refractivity contribution in [3.05, 3.63) is 53.6 Å². The monoisotopic (exact) mass is 412 g/mol. The number of benzene rings is 2. The van der Waals surface area contributed by atoms with Gasteiger partial charge in [-0.1, -0.05) is 38.1 Å². The van der Waals surface area contributed by atoms with Gasteiger partial charge in [0.15, 0.2) is 0 Å². The fourth-order valence-electron chi connectivity index (χ4n) is 2.97. The Morgan fingerprint density at radius 1 is 1.14 bits per heavy atom. The molecule has 0 saturated heterocycles. The second-order valence-electron chi connectivity index (χ2n) is 8.08. The Balaban J connectivity index is 1.32. The van der Waals surface area contributed by atoms with Gasteiger partial charge in [0, 0.05) is 18.3 Å². The SMILES string of the molecule is CC(C)(C)c1ccc(SON=CCCCOc2ccc3c(c2)CCC(=O)N3)cc1. The lowest BCUT2D eigenvalue weighted by Gasteiger charge is -2.18. The molecule has 0 fully saturated rings. The quantitative estimate of drug-likeness (QED) is 0.260. The summed E-state index contributed by atoms with van der Waals surface area (Å²) < 4.78 is 11.1. The van der Waals surface area contributed by atoms with E-state index in [0.29, 0.717) is 13.0 Å². The highest BCUT2D eigenvalue weighted by Crippen LogP contribution is 2.27. The molecule has 0 unspecified atom stereocenters. The number of unbranched alkanes of at least 4 members (excludes halogenated alkanes) is 1. The van der Waals surface area contributed by atoms with Crippen LogP contribution in [0.4, 0.5) is 5.69 Å². The highest BCUT2D eigenvalue weighted by molar-refractivity contribution is 7.94. The molecule has 1 N–H and O–H groups in total. The summed E-state index contributed by atoms with van der Waals surface area (Å²) in [5.74, 6) is 0.912. The zero-order valence-corrected chi connectivity index (χ0v) is 18.1. The summed E-state index contributed by atoms with van der Waals surface area (Å²) >= 11 is 1.25. The summed E-state index contributed by atoms with van der Waals surface area (Å²) in [6.07, 6.45) is 4.70. The lowest BCUT2D eigenvalue weighted by Crippen LogP contribution is -2.18. The Hall–Kier alpha value is -2.47. The van der Waals surface area contributed by atoms with Gasteiger partial charge >= 0.3 is 0 Å². The van der Waals surface area contributed by atoms with Gasteiger partial charge < -0.3 is 14.3 Å². The number of rotatable bonds is 8. The third-order valence-electron chi connectivity index (χ3n) is 4.69. The Bertz CT molecular complexity index is 857. The van der Waals surface area contributed by atoms with E-state index < -0.39 is 0 Å². The van der Waals surface area contributed by atoms with Crippen LogP contribution in [0.1, 0.15) is 51.2 Å². The first kappa shape index (κ1) is 21.2. The Labute approximate surface area is 177 Å². The molecule has 1 heterocycles. The molecular weight excluding hydrogens is 384 g/mol. The van der Waals surface area contributed by atoms with Crippen molar-refractivity contribution in [3.63, 3.8) is 0 Å². The van der Waals surface area contributed by atoms with Gasteiger partial charge in [0.1, 0.15) is 17.8 Å². The van der Waals surface area contributed by atoms with Crippen molar-refractivity contribution in [2.24, 2.45) is 5.16 Å².